The van der Waals surface area contributed by atoms with E-state index in [1.165, 1.54) is 29.2 Å². The normalized spacial score (nSPS) is 21.5. The highest BCUT2D eigenvalue weighted by Crippen LogP contribution is 2.34. The topological polar surface area (TPSA) is 93.0 Å². The van der Waals surface area contributed by atoms with E-state index < -0.39 is 10.8 Å². The SMILES string of the molecule is CC1CN(C2=C(c3ccc([N+](=O)[O-])cc3)C(=O)N(Cc3ccc(Cl)cc3)C2=O)CC(C)O1. The highest BCUT2D eigenvalue weighted by Gasteiger charge is 2.43. The molecular formula is C23H22ClN3O5. The van der Waals surface area contributed by atoms with Gasteiger partial charge in [-0.1, -0.05) is 23.7 Å². The van der Waals surface area contributed by atoms with E-state index in [0.29, 0.717) is 29.4 Å². The van der Waals surface area contributed by atoms with Crippen LogP contribution in [0.1, 0.15) is 25.0 Å². The van der Waals surface area contributed by atoms with Crippen molar-refractivity contribution >= 4 is 34.7 Å². The first kappa shape index (κ1) is 22.0. The number of hydrogen-bond acceptors (Lipinski definition) is 6. The van der Waals surface area contributed by atoms with E-state index in [1.807, 2.05) is 18.7 Å². The summed E-state index contributed by atoms with van der Waals surface area (Å²) >= 11 is 5.95. The highest BCUT2D eigenvalue weighted by molar-refractivity contribution is 6.35. The van der Waals surface area contributed by atoms with Crippen molar-refractivity contribution in [1.29, 1.82) is 0 Å². The number of hydrogen-bond donors (Lipinski definition) is 0. The Balaban J connectivity index is 1.74. The predicted molar refractivity (Wildman–Crippen MR) is 119 cm³/mol. The number of nitrogens with zero attached hydrogens (tertiary/aromatic N) is 3. The van der Waals surface area contributed by atoms with E-state index >= 15 is 0 Å². The lowest BCUT2D eigenvalue weighted by Crippen LogP contribution is -2.46. The molecule has 9 heteroatoms. The van der Waals surface area contributed by atoms with Crippen LogP contribution >= 0.6 is 11.6 Å². The van der Waals surface area contributed by atoms with E-state index in [9.17, 15) is 19.7 Å². The number of ether oxygens (including phenoxy) is 1. The fourth-order valence-electron chi connectivity index (χ4n) is 4.14. The quantitative estimate of drug-likeness (QED) is 0.388. The van der Waals surface area contributed by atoms with Crippen LogP contribution in [0.15, 0.2) is 54.2 Å². The molecule has 2 aliphatic heterocycles. The van der Waals surface area contributed by atoms with Crippen LogP contribution in [0, 0.1) is 10.1 Å². The Morgan fingerprint density at radius 3 is 2.16 bits per heavy atom. The van der Waals surface area contributed by atoms with Gasteiger partial charge in [-0.25, -0.2) is 0 Å². The Kier molecular flexibility index (Phi) is 5.99. The van der Waals surface area contributed by atoms with Gasteiger partial charge in [0.1, 0.15) is 5.70 Å². The number of carbonyl (C=O) groups excluding carboxylic acids is 2. The number of benzene rings is 2. The molecule has 0 radical (unpaired) electrons. The summed E-state index contributed by atoms with van der Waals surface area (Å²) in [5, 5.41) is 11.6. The molecule has 2 amide bonds. The molecule has 2 unspecified atom stereocenters. The second-order valence-corrected chi connectivity index (χ2v) is 8.45. The molecule has 1 saturated heterocycles. The summed E-state index contributed by atoms with van der Waals surface area (Å²) in [6.45, 7) is 4.86. The third-order valence-electron chi connectivity index (χ3n) is 5.50. The number of nitro groups is 1. The van der Waals surface area contributed by atoms with Gasteiger partial charge in [-0.15, -0.1) is 0 Å². The zero-order valence-electron chi connectivity index (χ0n) is 17.7. The lowest BCUT2D eigenvalue weighted by Gasteiger charge is -2.37. The van der Waals surface area contributed by atoms with Crippen LogP contribution in [0.2, 0.25) is 5.02 Å². The smallest absolute Gasteiger partial charge is 0.278 e. The number of carbonyl (C=O) groups is 2. The largest absolute Gasteiger partial charge is 0.372 e. The fourth-order valence-corrected chi connectivity index (χ4v) is 4.27. The van der Waals surface area contributed by atoms with Crippen LogP contribution in [0.4, 0.5) is 5.69 Å². The lowest BCUT2D eigenvalue weighted by atomic mass is 10.0. The molecule has 0 aromatic heterocycles. The van der Waals surface area contributed by atoms with Gasteiger partial charge in [0.25, 0.3) is 17.5 Å². The number of imide groups is 1. The van der Waals surface area contributed by atoms with Crippen LogP contribution in [-0.2, 0) is 20.9 Å². The Morgan fingerprint density at radius 2 is 1.59 bits per heavy atom. The molecule has 8 nitrogen and oxygen atoms in total. The van der Waals surface area contributed by atoms with Crippen LogP contribution in [0.5, 0.6) is 0 Å². The molecular weight excluding hydrogens is 434 g/mol. The van der Waals surface area contributed by atoms with Gasteiger partial charge in [-0.3, -0.25) is 24.6 Å². The number of morpholine rings is 1. The second-order valence-electron chi connectivity index (χ2n) is 8.01. The summed E-state index contributed by atoms with van der Waals surface area (Å²) in [6.07, 6.45) is -0.227. The van der Waals surface area contributed by atoms with Gasteiger partial charge in [-0.05, 0) is 49.2 Å². The van der Waals surface area contributed by atoms with Crippen molar-refractivity contribution in [3.05, 3.63) is 80.5 Å². The van der Waals surface area contributed by atoms with Gasteiger partial charge in [-0.2, -0.15) is 0 Å². The summed E-state index contributed by atoms with van der Waals surface area (Å²) in [4.78, 5) is 40.6. The van der Waals surface area contributed by atoms with Crippen LogP contribution in [0.25, 0.3) is 5.57 Å². The van der Waals surface area contributed by atoms with Crippen molar-refractivity contribution < 1.29 is 19.2 Å². The third kappa shape index (κ3) is 4.24. The standard InChI is InChI=1S/C23H22ClN3O5/c1-14-11-25(12-15(2)32-14)21-20(17-5-9-19(10-6-17)27(30)31)22(28)26(23(21)29)13-16-3-7-18(24)8-4-16/h3-10,14-15H,11-13H2,1-2H3. The van der Waals surface area contributed by atoms with Crippen molar-refractivity contribution in [2.75, 3.05) is 13.1 Å². The Morgan fingerprint density at radius 1 is 1.00 bits per heavy atom. The van der Waals surface area contributed by atoms with Crippen molar-refractivity contribution in [3.63, 3.8) is 0 Å². The zero-order chi connectivity index (χ0) is 23.0. The number of rotatable bonds is 5. The number of amides is 2. The molecule has 0 spiro atoms. The van der Waals surface area contributed by atoms with Crippen molar-refractivity contribution in [1.82, 2.24) is 9.80 Å². The maximum atomic E-state index is 13.5. The summed E-state index contributed by atoms with van der Waals surface area (Å²) in [7, 11) is 0. The summed E-state index contributed by atoms with van der Waals surface area (Å²) in [6, 6.07) is 12.7. The number of non-ortho nitro benzene ring substituents is 1. The molecule has 32 heavy (non-hydrogen) atoms. The maximum absolute atomic E-state index is 13.5. The molecule has 1 fully saturated rings. The van der Waals surface area contributed by atoms with Gasteiger partial charge in [0.2, 0.25) is 0 Å². The monoisotopic (exact) mass is 455 g/mol. The molecule has 2 heterocycles. The Labute approximate surface area is 190 Å². The molecule has 2 aromatic carbocycles. The van der Waals surface area contributed by atoms with Gasteiger partial charge >= 0.3 is 0 Å². The highest BCUT2D eigenvalue weighted by atomic mass is 35.5. The average Bonchev–Trinajstić information content (AvgIpc) is 2.99. The molecule has 0 bridgehead atoms. The van der Waals surface area contributed by atoms with E-state index in [1.54, 1.807) is 24.3 Å². The first-order chi connectivity index (χ1) is 15.2. The molecule has 0 saturated carbocycles. The second kappa shape index (κ2) is 8.72. The van der Waals surface area contributed by atoms with E-state index in [0.717, 1.165) is 5.56 Å². The van der Waals surface area contributed by atoms with Crippen LogP contribution in [0.3, 0.4) is 0 Å². The minimum absolute atomic E-state index is 0.0840. The Bertz CT molecular complexity index is 1090. The average molecular weight is 456 g/mol. The molecule has 2 aliphatic rings. The molecule has 2 aromatic rings. The minimum Gasteiger partial charge on any atom is -0.372 e. The zero-order valence-corrected chi connectivity index (χ0v) is 18.4. The summed E-state index contributed by atoms with van der Waals surface area (Å²) in [5.74, 6) is -0.819. The fraction of sp³-hybridized carbons (Fsp3) is 0.304. The summed E-state index contributed by atoms with van der Waals surface area (Å²) in [5.41, 5.74) is 1.71. The third-order valence-corrected chi connectivity index (χ3v) is 5.75. The van der Waals surface area contributed by atoms with Gasteiger partial charge in [0.05, 0.1) is 29.2 Å². The number of nitro benzene ring substituents is 1. The molecule has 166 valence electrons. The van der Waals surface area contributed by atoms with Gasteiger partial charge in [0, 0.05) is 30.2 Å². The summed E-state index contributed by atoms with van der Waals surface area (Å²) < 4.78 is 5.79. The number of halogens is 1. The molecule has 0 N–H and O–H groups in total. The van der Waals surface area contributed by atoms with E-state index in [4.69, 9.17) is 16.3 Å². The minimum atomic E-state index is -0.501. The lowest BCUT2D eigenvalue weighted by molar-refractivity contribution is -0.384. The van der Waals surface area contributed by atoms with Crippen molar-refractivity contribution in [2.45, 2.75) is 32.6 Å². The maximum Gasteiger partial charge on any atom is 0.278 e. The Hall–Kier alpha value is -3.23. The van der Waals surface area contributed by atoms with Gasteiger partial charge in [0.15, 0.2) is 0 Å². The van der Waals surface area contributed by atoms with E-state index in [2.05, 4.69) is 0 Å². The molecule has 4 rings (SSSR count). The van der Waals surface area contributed by atoms with Gasteiger partial charge < -0.3 is 9.64 Å². The first-order valence-electron chi connectivity index (χ1n) is 10.2. The van der Waals surface area contributed by atoms with Crippen LogP contribution in [-0.4, -0.2) is 51.8 Å². The van der Waals surface area contributed by atoms with Crippen molar-refractivity contribution in [3.8, 4) is 0 Å². The molecule has 0 aliphatic carbocycles. The molecule has 2 atom stereocenters. The predicted octanol–water partition coefficient (Wildman–Crippen LogP) is 3.64. The van der Waals surface area contributed by atoms with E-state index in [-0.39, 0.29) is 35.9 Å². The first-order valence-corrected chi connectivity index (χ1v) is 10.6. The van der Waals surface area contributed by atoms with Crippen molar-refractivity contribution in [2.24, 2.45) is 0 Å². The van der Waals surface area contributed by atoms with Crippen LogP contribution < -0.4 is 0 Å².